The zero-order valence-corrected chi connectivity index (χ0v) is 99.2. The zero-order chi connectivity index (χ0) is 98.0. The molecule has 0 N–H and O–H groups in total. The van der Waals surface area contributed by atoms with Crippen LogP contribution < -0.4 is 42.4 Å². The van der Waals surface area contributed by atoms with Gasteiger partial charge in [0, 0.05) is 128 Å². The van der Waals surface area contributed by atoms with Crippen LogP contribution in [-0.4, -0.2) is 52.2 Å². The minimum absolute atomic E-state index is 0. The molecule has 0 bridgehead atoms. The molecule has 16 aromatic rings. The van der Waals surface area contributed by atoms with Gasteiger partial charge in [-0.25, -0.2) is 0 Å². The van der Waals surface area contributed by atoms with Crippen LogP contribution in [0.3, 0.4) is 0 Å². The first-order chi connectivity index (χ1) is 66.9. The summed E-state index contributed by atoms with van der Waals surface area (Å²) in [5, 5.41) is 11.8. The Labute approximate surface area is 909 Å². The molecule has 8 aromatic carbocycles. The number of benzene rings is 8. The number of hydrogen-bond donors (Lipinski definition) is 0. The normalized spacial score (nSPS) is 12.3. The summed E-state index contributed by atoms with van der Waals surface area (Å²) in [6, 6.07) is 122. The van der Waals surface area contributed by atoms with Gasteiger partial charge in [-0.05, 0) is 318 Å². The monoisotopic (exact) mass is 2490 g/mol. The summed E-state index contributed by atoms with van der Waals surface area (Å²) >= 11 is 0. The van der Waals surface area contributed by atoms with E-state index >= 15 is 0 Å². The molecule has 0 aliphatic carbocycles. The first-order valence-corrected chi connectivity index (χ1v) is 56.7. The van der Waals surface area contributed by atoms with E-state index in [0.717, 1.165) is 96.9 Å². The van der Waals surface area contributed by atoms with E-state index in [1.807, 2.05) is 49.6 Å². The standard InChI is InChI=1S/C26H24P2.C26H22P2.C20H28N2.3C18H24N2.2Os.2Ru/c2*1-5-13-23(14-6-1)27(24-15-7-2-8-16-24)21-22-28(25-17-9-3-10-18-25)26-19-11-4-12-20-26;1-19(2,3)13-15-7-9-21-17(11-15)18-12-16(8-10-22-18)14-20(4,5)6;1-5-13(3)15-7-9-19-17(11-15)18-12-16(8-10-20-18)14(4)6-2;1-5-13(3)15-7-9-17(19-11-15)18-10-8-16(12-20-18)14(4)6-2;1-5-13(3)15-9-10-19-18(11-15)17-8-7-16(12-20-17)14(4)6-2;;;;/h1-20H,21-22H2;1-22H;7-12H,13-14H2,1-6H3;3*7-14H,5-6H2,1-4H3;;;;/p+4. The fourth-order valence-corrected chi connectivity index (χ4v) is 27.6. The van der Waals surface area contributed by atoms with Crippen molar-refractivity contribution in [2.75, 3.05) is 12.3 Å². The SMILES string of the molecule is C(=C[PH+](c1ccccc1)c1ccccc1)[PH+](c1ccccc1)c1ccccc1.CC(C)(C)Cc1ccnc(-c2cc(CC(C)(C)C)ccn2)c1.CCC(C)c1ccc(-c2cc(C(C)CC)ccn2)nc1.CCC(C)c1ccc(-c2ccc(C(C)CC)cn2)nc1.CCC(C)c1ccnc(-c2cc(C(C)CC)ccn2)c1.[Os].[Os].[Ru].[Ru].c1ccc([PH+](CC[PH+](c2ccccc2)c2ccccc2)c2ccccc2)cc1. The van der Waals surface area contributed by atoms with E-state index in [-0.39, 0.29) is 89.4 Å². The van der Waals surface area contributed by atoms with E-state index in [4.69, 9.17) is 0 Å². The minimum atomic E-state index is -0.964. The predicted molar refractivity (Wildman–Crippen MR) is 609 cm³/mol. The van der Waals surface area contributed by atoms with E-state index in [1.165, 1.54) is 99.3 Å². The van der Waals surface area contributed by atoms with Gasteiger partial charge < -0.3 is 0 Å². The van der Waals surface area contributed by atoms with E-state index in [1.54, 1.807) is 0 Å². The molecule has 8 heterocycles. The van der Waals surface area contributed by atoms with Crippen LogP contribution in [0.4, 0.5) is 0 Å². The first kappa shape index (κ1) is 120. The van der Waals surface area contributed by atoms with Gasteiger partial charge in [0.1, 0.15) is 45.2 Å². The van der Waals surface area contributed by atoms with E-state index < -0.39 is 31.7 Å². The summed E-state index contributed by atoms with van der Waals surface area (Å²) in [7, 11) is -3.49. The van der Waals surface area contributed by atoms with Gasteiger partial charge in [0.15, 0.2) is 0 Å². The predicted octanol–water partition coefficient (Wildman–Crippen LogP) is 30.7. The maximum Gasteiger partial charge on any atom is 0.102 e. The van der Waals surface area contributed by atoms with Gasteiger partial charge in [-0.3, -0.25) is 39.9 Å². The van der Waals surface area contributed by atoms with Gasteiger partial charge in [-0.1, -0.05) is 288 Å². The average Bonchev–Trinajstić information content (AvgIpc) is 0.846. The molecule has 16 rings (SSSR count). The van der Waals surface area contributed by atoms with Crippen LogP contribution in [0.15, 0.2) is 401 Å². The number of pyridine rings is 8. The van der Waals surface area contributed by atoms with Gasteiger partial charge in [-0.2, -0.15) is 0 Å². The van der Waals surface area contributed by atoms with Crippen LogP contribution in [0.2, 0.25) is 0 Å². The number of rotatable bonds is 31. The Morgan fingerprint density at radius 3 is 0.634 bits per heavy atom. The molecule has 0 radical (unpaired) electrons. The van der Waals surface area contributed by atoms with Crippen LogP contribution in [0.25, 0.3) is 45.6 Å². The third-order valence-corrected chi connectivity index (χ3v) is 37.1. The number of hydrogen-bond acceptors (Lipinski definition) is 8. The molecule has 16 heteroatoms. The van der Waals surface area contributed by atoms with Crippen molar-refractivity contribution in [1.29, 1.82) is 0 Å². The summed E-state index contributed by atoms with van der Waals surface area (Å²) < 4.78 is 0. The van der Waals surface area contributed by atoms with Crippen LogP contribution >= 0.6 is 31.7 Å². The van der Waals surface area contributed by atoms with Gasteiger partial charge >= 0.3 is 0 Å². The van der Waals surface area contributed by atoms with E-state index in [9.17, 15) is 0 Å². The number of nitrogens with zero attached hydrogens (tertiary/aromatic N) is 8. The molecule has 142 heavy (non-hydrogen) atoms. The van der Waals surface area contributed by atoms with Gasteiger partial charge in [0.2, 0.25) is 0 Å². The third-order valence-electron chi connectivity index (χ3n) is 25.8. The Hall–Kier alpha value is -9.06. The van der Waals surface area contributed by atoms with Crippen molar-refractivity contribution in [2.45, 2.75) is 212 Å². The smallest absolute Gasteiger partial charge is 0.102 e. The van der Waals surface area contributed by atoms with Gasteiger partial charge in [-0.15, -0.1) is 0 Å². The molecule has 0 amide bonds. The molecule has 0 aliphatic heterocycles. The molecule has 0 spiro atoms. The second-order valence-corrected chi connectivity index (χ2v) is 48.7. The Bertz CT molecular complexity index is 5710. The summed E-state index contributed by atoms with van der Waals surface area (Å²) in [5.74, 6) is 8.40. The van der Waals surface area contributed by atoms with Crippen molar-refractivity contribution < 1.29 is 78.5 Å². The Morgan fingerprint density at radius 2 is 0.423 bits per heavy atom. The molecule has 0 fully saturated rings. The van der Waals surface area contributed by atoms with Crippen molar-refractivity contribution in [1.82, 2.24) is 39.9 Å². The fourth-order valence-electron chi connectivity index (χ4n) is 16.4. The summed E-state index contributed by atoms with van der Waals surface area (Å²) in [6.45, 7) is 40.3. The first-order valence-electron chi connectivity index (χ1n) is 50.2. The molecular weight excluding hydrogens is 2330 g/mol. The topological polar surface area (TPSA) is 103 Å². The molecule has 6 unspecified atom stereocenters. The van der Waals surface area contributed by atoms with Gasteiger partial charge in [0.25, 0.3) is 0 Å². The molecule has 0 aliphatic rings. The summed E-state index contributed by atoms with van der Waals surface area (Å²) in [4.78, 5) is 36.2. The average molecular weight is 2480 g/mol. The van der Waals surface area contributed by atoms with Crippen LogP contribution in [0.1, 0.15) is 243 Å². The quantitative estimate of drug-likeness (QED) is 0.0313. The Morgan fingerprint density at radius 1 is 0.225 bits per heavy atom. The van der Waals surface area contributed by atoms with Crippen molar-refractivity contribution in [2.24, 2.45) is 10.8 Å². The molecule has 0 saturated carbocycles. The van der Waals surface area contributed by atoms with Gasteiger partial charge in [0.05, 0.1) is 98.5 Å². The minimum Gasteiger partial charge on any atom is -0.255 e. The molecule has 6 atom stereocenters. The van der Waals surface area contributed by atoms with Crippen LogP contribution in [-0.2, 0) is 91.4 Å². The largest absolute Gasteiger partial charge is 0.255 e. The van der Waals surface area contributed by atoms with Crippen LogP contribution in [0, 0.1) is 10.8 Å². The molecule has 742 valence electrons. The summed E-state index contributed by atoms with van der Waals surface area (Å²) in [5.41, 5.74) is 18.8. The molecular formula is C126H150N8Os2P4Ru2+4. The fraction of sp³-hybridized carbons (Fsp3) is 0.286. The van der Waals surface area contributed by atoms with E-state index in [0.29, 0.717) is 35.5 Å². The zero-order valence-electron chi connectivity index (χ0n) is 86.6. The van der Waals surface area contributed by atoms with Crippen molar-refractivity contribution in [3.05, 3.63) is 445 Å². The third kappa shape index (κ3) is 38.7. The molecule has 0 saturated heterocycles. The summed E-state index contributed by atoms with van der Waals surface area (Å²) in [6.07, 6.45) is 26.9. The van der Waals surface area contributed by atoms with Crippen molar-refractivity contribution in [3.63, 3.8) is 0 Å². The van der Waals surface area contributed by atoms with Crippen molar-refractivity contribution >= 4 is 74.1 Å². The van der Waals surface area contributed by atoms with Crippen LogP contribution in [0.5, 0.6) is 0 Å². The maximum atomic E-state index is 4.58. The van der Waals surface area contributed by atoms with Crippen molar-refractivity contribution in [3.8, 4) is 45.6 Å². The second kappa shape index (κ2) is 63.4. The molecule has 8 nitrogen and oxygen atoms in total. The maximum absolute atomic E-state index is 4.58. The molecule has 8 aromatic heterocycles. The number of aromatic nitrogens is 8. The Balaban J connectivity index is 0.000000232. The Kier molecular flexibility index (Phi) is 53.5. The second-order valence-electron chi connectivity index (χ2n) is 38.8. The van der Waals surface area contributed by atoms with E-state index in [2.05, 4.69) is 516 Å².